The van der Waals surface area contributed by atoms with Crippen LogP contribution in [-0.2, 0) is 29.0 Å². The zero-order chi connectivity index (χ0) is 21.6. The molecule has 170 valence electrons. The number of halogens is 1. The summed E-state index contributed by atoms with van der Waals surface area (Å²) in [5, 5.41) is 0. The fourth-order valence-electron chi connectivity index (χ4n) is 2.25. The van der Waals surface area contributed by atoms with Crippen LogP contribution in [-0.4, -0.2) is 75.6 Å². The summed E-state index contributed by atoms with van der Waals surface area (Å²) >= 11 is 0. The molecule has 3 atom stereocenters. The van der Waals surface area contributed by atoms with Crippen molar-refractivity contribution >= 4 is 28.4 Å². The van der Waals surface area contributed by atoms with Crippen molar-refractivity contribution in [1.82, 2.24) is 4.31 Å². The Balaban J connectivity index is 0. The fourth-order valence-corrected chi connectivity index (χ4v) is 3.68. The highest BCUT2D eigenvalue weighted by Gasteiger charge is 2.34. The highest BCUT2D eigenvalue weighted by atomic mass is 35.5. The summed E-state index contributed by atoms with van der Waals surface area (Å²) in [5.41, 5.74) is 4.87. The zero-order valence-corrected chi connectivity index (χ0v) is 20.3. The number of methoxy groups -OCH3 is 1. The average Bonchev–Trinajstić information content (AvgIpc) is 2.45. The van der Waals surface area contributed by atoms with Crippen molar-refractivity contribution in [3.8, 4) is 0 Å². The minimum Gasteiger partial charge on any atom is -0.462 e. The van der Waals surface area contributed by atoms with E-state index < -0.39 is 33.7 Å². The van der Waals surface area contributed by atoms with Gasteiger partial charge in [0.1, 0.15) is 18.8 Å². The third kappa shape index (κ3) is 10.9. The topological polar surface area (TPSA) is 108 Å². The predicted molar refractivity (Wildman–Crippen MR) is 113 cm³/mol. The lowest BCUT2D eigenvalue weighted by molar-refractivity contribution is -0.155. The molecule has 0 aliphatic rings. The summed E-state index contributed by atoms with van der Waals surface area (Å²) in [6.07, 6.45) is 0.338. The zero-order valence-electron chi connectivity index (χ0n) is 18.6. The highest BCUT2D eigenvalue weighted by Crippen LogP contribution is 2.25. The van der Waals surface area contributed by atoms with Crippen LogP contribution in [0.15, 0.2) is 0 Å². The number of ether oxygens (including phenoxy) is 3. The van der Waals surface area contributed by atoms with E-state index in [0.717, 1.165) is 6.26 Å². The second-order valence-electron chi connectivity index (χ2n) is 8.92. The molecule has 8 nitrogen and oxygen atoms in total. The Morgan fingerprint density at radius 2 is 1.61 bits per heavy atom. The van der Waals surface area contributed by atoms with Crippen LogP contribution in [0, 0.1) is 5.41 Å². The van der Waals surface area contributed by atoms with Gasteiger partial charge in [0.05, 0.1) is 19.0 Å². The van der Waals surface area contributed by atoms with E-state index >= 15 is 0 Å². The molecule has 0 saturated heterocycles. The normalized spacial score (nSPS) is 16.2. The minimum atomic E-state index is -3.48. The number of rotatable bonds is 10. The molecule has 2 N–H and O–H groups in total. The molecule has 0 amide bonds. The van der Waals surface area contributed by atoms with Crippen LogP contribution in [0.25, 0.3) is 0 Å². The van der Waals surface area contributed by atoms with Crippen molar-refractivity contribution in [2.24, 2.45) is 11.1 Å². The molecule has 0 rings (SSSR count). The molecule has 0 aliphatic heterocycles. The first-order valence-electron chi connectivity index (χ1n) is 9.04. The SMILES string of the molecule is COC[C@H](N)C(=O)OC[C@H](CN(C(C)(C)C)S(C)(=O)=O)O[C@@H](C)C(C)(C)C.Cl. The maximum Gasteiger partial charge on any atom is 0.325 e. The Hall–Kier alpha value is -0.450. The van der Waals surface area contributed by atoms with Crippen LogP contribution in [0.2, 0.25) is 0 Å². The number of sulfonamides is 1. The number of carbonyl (C=O) groups is 1. The summed E-state index contributed by atoms with van der Waals surface area (Å²) in [5.74, 6) is -0.615. The Kier molecular flexibility index (Phi) is 12.4. The molecular weight excluding hydrogens is 408 g/mol. The van der Waals surface area contributed by atoms with Gasteiger partial charge in [-0.2, -0.15) is 4.31 Å². The van der Waals surface area contributed by atoms with Crippen molar-refractivity contribution in [3.63, 3.8) is 0 Å². The van der Waals surface area contributed by atoms with Crippen LogP contribution in [0.1, 0.15) is 48.5 Å². The first kappa shape index (κ1) is 29.7. The van der Waals surface area contributed by atoms with E-state index in [1.807, 2.05) is 27.7 Å². The number of hydrogen-bond donors (Lipinski definition) is 1. The summed E-state index contributed by atoms with van der Waals surface area (Å²) in [6, 6.07) is -0.899. The second kappa shape index (κ2) is 11.7. The van der Waals surface area contributed by atoms with Gasteiger partial charge in [0.25, 0.3) is 0 Å². The standard InChI is InChI=1S/C18H38N2O6S.ClH/c1-13(17(2,3)4)26-14(11-25-16(21)15(19)12-24-8)10-20(18(5,6)7)27(9,22)23;/h13-15H,10-12,19H2,1-9H3;1H/t13-,14-,15-;/m0./s1. The molecule has 0 fully saturated rings. The maximum atomic E-state index is 12.3. The number of nitrogens with two attached hydrogens (primary N) is 1. The molecule has 28 heavy (non-hydrogen) atoms. The molecule has 0 aromatic rings. The third-order valence-electron chi connectivity index (χ3n) is 4.19. The molecule has 0 saturated carbocycles. The van der Waals surface area contributed by atoms with Crippen LogP contribution in [0.5, 0.6) is 0 Å². The largest absolute Gasteiger partial charge is 0.462 e. The number of esters is 1. The summed E-state index contributed by atoms with van der Waals surface area (Å²) < 4.78 is 42.0. The van der Waals surface area contributed by atoms with Crippen molar-refractivity contribution in [2.45, 2.75) is 72.3 Å². The number of hydrogen-bond acceptors (Lipinski definition) is 7. The Labute approximate surface area is 176 Å². The molecule has 0 bridgehead atoms. The van der Waals surface area contributed by atoms with E-state index in [0.29, 0.717) is 0 Å². The van der Waals surface area contributed by atoms with Gasteiger partial charge in [-0.3, -0.25) is 4.79 Å². The van der Waals surface area contributed by atoms with Crippen molar-refractivity contribution < 1.29 is 27.4 Å². The molecule has 0 spiro atoms. The first-order chi connectivity index (χ1) is 12.0. The second-order valence-corrected chi connectivity index (χ2v) is 10.8. The van der Waals surface area contributed by atoms with Crippen LogP contribution >= 0.6 is 12.4 Å². The predicted octanol–water partition coefficient (Wildman–Crippen LogP) is 1.81. The Bertz CT molecular complexity index is 572. The van der Waals surface area contributed by atoms with Crippen LogP contribution in [0.4, 0.5) is 0 Å². The maximum absolute atomic E-state index is 12.3. The smallest absolute Gasteiger partial charge is 0.325 e. The Morgan fingerprint density at radius 3 is 1.96 bits per heavy atom. The first-order valence-corrected chi connectivity index (χ1v) is 10.9. The van der Waals surface area contributed by atoms with Crippen molar-refractivity contribution in [1.29, 1.82) is 0 Å². The van der Waals surface area contributed by atoms with Crippen molar-refractivity contribution in [3.05, 3.63) is 0 Å². The average molecular weight is 447 g/mol. The molecule has 0 aromatic heterocycles. The van der Waals surface area contributed by atoms with Gasteiger partial charge >= 0.3 is 5.97 Å². The lowest BCUT2D eigenvalue weighted by Gasteiger charge is -2.38. The molecule has 0 heterocycles. The number of carbonyl (C=O) groups excluding carboxylic acids is 1. The van der Waals surface area contributed by atoms with E-state index in [1.165, 1.54) is 11.4 Å². The van der Waals surface area contributed by atoms with Gasteiger partial charge < -0.3 is 19.9 Å². The van der Waals surface area contributed by atoms with Gasteiger partial charge in [-0.15, -0.1) is 12.4 Å². The molecule has 0 unspecified atom stereocenters. The van der Waals surface area contributed by atoms with E-state index in [2.05, 4.69) is 0 Å². The lowest BCUT2D eigenvalue weighted by Crippen LogP contribution is -2.51. The van der Waals surface area contributed by atoms with Crippen LogP contribution in [0.3, 0.4) is 0 Å². The monoisotopic (exact) mass is 446 g/mol. The van der Waals surface area contributed by atoms with E-state index in [4.69, 9.17) is 19.9 Å². The molecule has 0 aliphatic carbocycles. The number of nitrogens with zero attached hydrogens (tertiary/aromatic N) is 1. The van der Waals surface area contributed by atoms with Crippen molar-refractivity contribution in [2.75, 3.05) is 33.1 Å². The van der Waals surface area contributed by atoms with Crippen LogP contribution < -0.4 is 5.73 Å². The molecule has 0 aromatic carbocycles. The van der Waals surface area contributed by atoms with Gasteiger partial charge in [-0.1, -0.05) is 20.8 Å². The van der Waals surface area contributed by atoms with E-state index in [-0.39, 0.29) is 43.7 Å². The minimum absolute atomic E-state index is 0. The quantitative estimate of drug-likeness (QED) is 0.509. The van der Waals surface area contributed by atoms with Gasteiger partial charge in [-0.25, -0.2) is 8.42 Å². The van der Waals surface area contributed by atoms with Gasteiger partial charge in [0, 0.05) is 19.2 Å². The van der Waals surface area contributed by atoms with E-state index in [1.54, 1.807) is 20.8 Å². The van der Waals surface area contributed by atoms with E-state index in [9.17, 15) is 13.2 Å². The summed E-state index contributed by atoms with van der Waals surface area (Å²) in [6.45, 7) is 13.4. The highest BCUT2D eigenvalue weighted by molar-refractivity contribution is 7.88. The fraction of sp³-hybridized carbons (Fsp3) is 0.944. The lowest BCUT2D eigenvalue weighted by atomic mass is 9.90. The third-order valence-corrected chi connectivity index (χ3v) is 5.69. The van der Waals surface area contributed by atoms with Gasteiger partial charge in [0.2, 0.25) is 10.0 Å². The molecule has 0 radical (unpaired) electrons. The van der Waals surface area contributed by atoms with Gasteiger partial charge in [-0.05, 0) is 33.1 Å². The molecule has 10 heteroatoms. The molecular formula is C18H39ClN2O6S. The Morgan fingerprint density at radius 1 is 1.11 bits per heavy atom. The summed E-state index contributed by atoms with van der Waals surface area (Å²) in [7, 11) is -2.04. The van der Waals surface area contributed by atoms with Gasteiger partial charge in [0.15, 0.2) is 0 Å². The summed E-state index contributed by atoms with van der Waals surface area (Å²) in [4.78, 5) is 12.0.